The molecule has 0 aliphatic heterocycles. The average Bonchev–Trinajstić information content (AvgIpc) is 2.15. The Morgan fingerprint density at radius 1 is 1.43 bits per heavy atom. The van der Waals surface area contributed by atoms with E-state index in [0.717, 1.165) is 19.1 Å². The van der Waals surface area contributed by atoms with Crippen molar-refractivity contribution >= 4 is 0 Å². The van der Waals surface area contributed by atoms with Crippen LogP contribution in [0.5, 0.6) is 0 Å². The number of rotatable bonds is 5. The fourth-order valence-electron chi connectivity index (χ4n) is 2.22. The van der Waals surface area contributed by atoms with Crippen molar-refractivity contribution in [2.24, 2.45) is 5.92 Å². The molecule has 3 atom stereocenters. The minimum Gasteiger partial charge on any atom is -0.377 e. The zero-order valence-electron chi connectivity index (χ0n) is 9.88. The van der Waals surface area contributed by atoms with Crippen molar-refractivity contribution in [3.63, 3.8) is 0 Å². The number of hydrogen-bond acceptors (Lipinski definition) is 2. The smallest absolute Gasteiger partial charge is 0.0620 e. The summed E-state index contributed by atoms with van der Waals surface area (Å²) in [6.45, 7) is 8.56. The van der Waals surface area contributed by atoms with Gasteiger partial charge >= 0.3 is 0 Å². The third kappa shape index (κ3) is 4.43. The average molecular weight is 199 g/mol. The standard InChI is InChI=1S/C12H25NO/c1-4-13-11(3)9-14-12-7-5-6-10(2)8-12/h10-13H,4-9H2,1-3H3. The van der Waals surface area contributed by atoms with Gasteiger partial charge in [0, 0.05) is 6.04 Å². The van der Waals surface area contributed by atoms with Gasteiger partial charge in [0.25, 0.3) is 0 Å². The van der Waals surface area contributed by atoms with Crippen LogP contribution in [0.15, 0.2) is 0 Å². The molecule has 0 spiro atoms. The maximum absolute atomic E-state index is 5.91. The molecule has 14 heavy (non-hydrogen) atoms. The Morgan fingerprint density at radius 3 is 2.86 bits per heavy atom. The summed E-state index contributed by atoms with van der Waals surface area (Å²) in [5, 5.41) is 3.37. The maximum Gasteiger partial charge on any atom is 0.0620 e. The van der Waals surface area contributed by atoms with Gasteiger partial charge in [0.1, 0.15) is 0 Å². The van der Waals surface area contributed by atoms with Crippen LogP contribution in [0.3, 0.4) is 0 Å². The lowest BCUT2D eigenvalue weighted by molar-refractivity contribution is 0.00667. The quantitative estimate of drug-likeness (QED) is 0.735. The van der Waals surface area contributed by atoms with E-state index in [1.807, 2.05) is 0 Å². The van der Waals surface area contributed by atoms with E-state index in [-0.39, 0.29) is 0 Å². The van der Waals surface area contributed by atoms with Gasteiger partial charge in [0.05, 0.1) is 12.7 Å². The van der Waals surface area contributed by atoms with Crippen molar-refractivity contribution in [3.05, 3.63) is 0 Å². The number of ether oxygens (including phenoxy) is 1. The normalized spacial score (nSPS) is 30.2. The lowest BCUT2D eigenvalue weighted by Crippen LogP contribution is -2.33. The fourth-order valence-corrected chi connectivity index (χ4v) is 2.22. The Morgan fingerprint density at radius 2 is 2.21 bits per heavy atom. The van der Waals surface area contributed by atoms with Gasteiger partial charge in [0.2, 0.25) is 0 Å². The highest BCUT2D eigenvalue weighted by molar-refractivity contribution is 4.71. The topological polar surface area (TPSA) is 21.3 Å². The molecule has 2 heteroatoms. The van der Waals surface area contributed by atoms with E-state index in [1.165, 1.54) is 25.7 Å². The molecule has 0 radical (unpaired) electrons. The zero-order chi connectivity index (χ0) is 10.4. The number of hydrogen-bond donors (Lipinski definition) is 1. The Hall–Kier alpha value is -0.0800. The first-order chi connectivity index (χ1) is 6.72. The van der Waals surface area contributed by atoms with Crippen molar-refractivity contribution in [2.45, 2.75) is 58.6 Å². The summed E-state index contributed by atoms with van der Waals surface area (Å²) in [6.07, 6.45) is 5.80. The van der Waals surface area contributed by atoms with Gasteiger partial charge < -0.3 is 10.1 Å². The van der Waals surface area contributed by atoms with Crippen LogP contribution in [-0.2, 0) is 4.74 Å². The van der Waals surface area contributed by atoms with Gasteiger partial charge in [-0.1, -0.05) is 26.7 Å². The highest BCUT2D eigenvalue weighted by Gasteiger charge is 2.19. The largest absolute Gasteiger partial charge is 0.377 e. The Labute approximate surface area is 88.4 Å². The molecule has 0 heterocycles. The second-order valence-corrected chi connectivity index (χ2v) is 4.69. The van der Waals surface area contributed by atoms with E-state index in [0.29, 0.717) is 12.1 Å². The molecule has 1 rings (SSSR count). The van der Waals surface area contributed by atoms with Gasteiger partial charge in [-0.15, -0.1) is 0 Å². The van der Waals surface area contributed by atoms with Crippen LogP contribution >= 0.6 is 0 Å². The molecule has 0 aromatic heterocycles. The van der Waals surface area contributed by atoms with Gasteiger partial charge in [-0.05, 0) is 32.2 Å². The Kier molecular flexibility index (Phi) is 5.49. The monoisotopic (exact) mass is 199 g/mol. The highest BCUT2D eigenvalue weighted by atomic mass is 16.5. The molecule has 0 aromatic carbocycles. The molecule has 1 fully saturated rings. The fraction of sp³-hybridized carbons (Fsp3) is 1.00. The molecule has 1 aliphatic carbocycles. The summed E-state index contributed by atoms with van der Waals surface area (Å²) in [5.41, 5.74) is 0. The molecule has 1 aliphatic rings. The SMILES string of the molecule is CCNC(C)COC1CCCC(C)C1. The molecule has 2 nitrogen and oxygen atoms in total. The number of likely N-dealkylation sites (N-methyl/N-ethyl adjacent to an activating group) is 1. The molecular weight excluding hydrogens is 174 g/mol. The van der Waals surface area contributed by atoms with E-state index >= 15 is 0 Å². The third-order valence-corrected chi connectivity index (χ3v) is 3.02. The summed E-state index contributed by atoms with van der Waals surface area (Å²) >= 11 is 0. The minimum atomic E-state index is 0.497. The van der Waals surface area contributed by atoms with Crippen LogP contribution in [-0.4, -0.2) is 25.3 Å². The Balaban J connectivity index is 2.10. The first kappa shape index (κ1) is 12.0. The van der Waals surface area contributed by atoms with E-state index in [2.05, 4.69) is 26.1 Å². The first-order valence-corrected chi connectivity index (χ1v) is 6.07. The Bertz CT molecular complexity index is 149. The molecule has 1 saturated carbocycles. The summed E-state index contributed by atoms with van der Waals surface area (Å²) in [6, 6.07) is 0.497. The molecule has 84 valence electrons. The van der Waals surface area contributed by atoms with Crippen molar-refractivity contribution < 1.29 is 4.74 Å². The van der Waals surface area contributed by atoms with Gasteiger partial charge in [-0.3, -0.25) is 0 Å². The van der Waals surface area contributed by atoms with Crippen LogP contribution in [0.4, 0.5) is 0 Å². The molecule has 3 unspecified atom stereocenters. The molecule has 0 bridgehead atoms. The van der Waals surface area contributed by atoms with Gasteiger partial charge in [-0.2, -0.15) is 0 Å². The van der Waals surface area contributed by atoms with Crippen LogP contribution in [0.1, 0.15) is 46.5 Å². The molecule has 0 saturated heterocycles. The van der Waals surface area contributed by atoms with Crippen molar-refractivity contribution in [1.29, 1.82) is 0 Å². The van der Waals surface area contributed by atoms with E-state index in [1.54, 1.807) is 0 Å². The predicted molar refractivity (Wildman–Crippen MR) is 60.5 cm³/mol. The molecule has 0 aromatic rings. The van der Waals surface area contributed by atoms with Crippen LogP contribution < -0.4 is 5.32 Å². The predicted octanol–water partition coefficient (Wildman–Crippen LogP) is 2.58. The lowest BCUT2D eigenvalue weighted by Gasteiger charge is -2.28. The second-order valence-electron chi connectivity index (χ2n) is 4.69. The first-order valence-electron chi connectivity index (χ1n) is 6.07. The summed E-state index contributed by atoms with van der Waals surface area (Å²) in [5.74, 6) is 0.864. The van der Waals surface area contributed by atoms with E-state index in [9.17, 15) is 0 Å². The van der Waals surface area contributed by atoms with Gasteiger partial charge in [0.15, 0.2) is 0 Å². The molecule has 0 amide bonds. The van der Waals surface area contributed by atoms with E-state index < -0.39 is 0 Å². The second kappa shape index (κ2) is 6.41. The highest BCUT2D eigenvalue weighted by Crippen LogP contribution is 2.25. The molecule has 1 N–H and O–H groups in total. The third-order valence-electron chi connectivity index (χ3n) is 3.02. The van der Waals surface area contributed by atoms with E-state index in [4.69, 9.17) is 4.74 Å². The zero-order valence-corrected chi connectivity index (χ0v) is 9.88. The summed E-state index contributed by atoms with van der Waals surface area (Å²) in [7, 11) is 0. The summed E-state index contributed by atoms with van der Waals surface area (Å²) < 4.78 is 5.91. The van der Waals surface area contributed by atoms with Crippen molar-refractivity contribution in [1.82, 2.24) is 5.32 Å². The van der Waals surface area contributed by atoms with Crippen LogP contribution in [0.25, 0.3) is 0 Å². The van der Waals surface area contributed by atoms with Crippen molar-refractivity contribution in [3.8, 4) is 0 Å². The minimum absolute atomic E-state index is 0.497. The van der Waals surface area contributed by atoms with Gasteiger partial charge in [-0.25, -0.2) is 0 Å². The molecular formula is C12H25NO. The van der Waals surface area contributed by atoms with Crippen LogP contribution in [0.2, 0.25) is 0 Å². The van der Waals surface area contributed by atoms with Crippen molar-refractivity contribution in [2.75, 3.05) is 13.2 Å². The van der Waals surface area contributed by atoms with Crippen LogP contribution in [0, 0.1) is 5.92 Å². The summed E-state index contributed by atoms with van der Waals surface area (Å²) in [4.78, 5) is 0. The number of nitrogens with one attached hydrogen (secondary N) is 1. The lowest BCUT2D eigenvalue weighted by atomic mass is 9.89. The maximum atomic E-state index is 5.91.